The van der Waals surface area contributed by atoms with Crippen LogP contribution < -0.4 is 0 Å². The van der Waals surface area contributed by atoms with Crippen LogP contribution in [0.15, 0.2) is 0 Å². The Labute approximate surface area is 129 Å². The molecule has 1 spiro atoms. The second-order valence-electron chi connectivity index (χ2n) is 8.32. The SMILES string of the molecule is CC(C)OC1CC2(CCN(C(=O)C3(C(C)C)CC3)CC2)C1. The number of amides is 1. The number of carbonyl (C=O) groups excluding carboxylic acids is 1. The van der Waals surface area contributed by atoms with E-state index >= 15 is 0 Å². The van der Waals surface area contributed by atoms with Crippen molar-refractivity contribution >= 4 is 5.91 Å². The van der Waals surface area contributed by atoms with E-state index in [4.69, 9.17) is 4.74 Å². The van der Waals surface area contributed by atoms with Gasteiger partial charge in [-0.05, 0) is 63.7 Å². The molecule has 0 bridgehead atoms. The number of hydrogen-bond donors (Lipinski definition) is 0. The van der Waals surface area contributed by atoms with Crippen LogP contribution >= 0.6 is 0 Å². The molecule has 1 saturated heterocycles. The van der Waals surface area contributed by atoms with Gasteiger partial charge in [-0.2, -0.15) is 0 Å². The zero-order valence-electron chi connectivity index (χ0n) is 14.2. The molecule has 3 rings (SSSR count). The molecule has 2 saturated carbocycles. The van der Waals surface area contributed by atoms with Gasteiger partial charge in [0, 0.05) is 13.1 Å². The number of piperidine rings is 1. The lowest BCUT2D eigenvalue weighted by molar-refractivity contribution is -0.149. The summed E-state index contributed by atoms with van der Waals surface area (Å²) in [5.41, 5.74) is 0.498. The predicted molar refractivity (Wildman–Crippen MR) is 84.0 cm³/mol. The molecule has 0 N–H and O–H groups in total. The second-order valence-corrected chi connectivity index (χ2v) is 8.32. The Morgan fingerprint density at radius 3 is 2.05 bits per heavy atom. The molecular formula is C18H31NO2. The minimum atomic E-state index is 0.00735. The van der Waals surface area contributed by atoms with Gasteiger partial charge >= 0.3 is 0 Å². The average Bonchev–Trinajstić information content (AvgIpc) is 3.18. The van der Waals surface area contributed by atoms with E-state index in [0.717, 1.165) is 25.9 Å². The fraction of sp³-hybridized carbons (Fsp3) is 0.944. The highest BCUT2D eigenvalue weighted by Gasteiger charge is 2.55. The minimum absolute atomic E-state index is 0.00735. The normalized spacial score (nSPS) is 27.2. The maximum absolute atomic E-state index is 12.8. The first-order chi connectivity index (χ1) is 9.87. The van der Waals surface area contributed by atoms with E-state index in [-0.39, 0.29) is 5.41 Å². The fourth-order valence-electron chi connectivity index (χ4n) is 4.47. The zero-order chi connectivity index (χ0) is 15.3. The van der Waals surface area contributed by atoms with Gasteiger partial charge in [-0.25, -0.2) is 0 Å². The van der Waals surface area contributed by atoms with Crippen molar-refractivity contribution in [1.29, 1.82) is 0 Å². The minimum Gasteiger partial charge on any atom is -0.376 e. The standard InChI is InChI=1S/C18H31NO2/c1-13(2)18(5-6-18)16(20)19-9-7-17(8-10-19)11-15(12-17)21-14(3)4/h13-15H,5-12H2,1-4H3. The van der Waals surface area contributed by atoms with Gasteiger partial charge in [0.25, 0.3) is 0 Å². The number of likely N-dealkylation sites (tertiary alicyclic amines) is 1. The van der Waals surface area contributed by atoms with E-state index in [1.165, 1.54) is 25.7 Å². The molecule has 3 fully saturated rings. The Morgan fingerprint density at radius 2 is 1.62 bits per heavy atom. The Morgan fingerprint density at radius 1 is 1.05 bits per heavy atom. The Hall–Kier alpha value is -0.570. The number of carbonyl (C=O) groups is 1. The summed E-state index contributed by atoms with van der Waals surface area (Å²) in [5, 5.41) is 0. The second kappa shape index (κ2) is 5.26. The summed E-state index contributed by atoms with van der Waals surface area (Å²) >= 11 is 0. The van der Waals surface area contributed by atoms with Gasteiger partial charge in [-0.1, -0.05) is 13.8 Å². The Balaban J connectivity index is 1.49. The van der Waals surface area contributed by atoms with Crippen molar-refractivity contribution < 1.29 is 9.53 Å². The van der Waals surface area contributed by atoms with E-state index in [1.807, 2.05) is 0 Å². The third-order valence-electron chi connectivity index (χ3n) is 6.22. The molecule has 1 aliphatic heterocycles. The molecule has 0 unspecified atom stereocenters. The monoisotopic (exact) mass is 293 g/mol. The maximum atomic E-state index is 12.8. The Bertz CT molecular complexity index is 395. The molecule has 0 aromatic rings. The summed E-state index contributed by atoms with van der Waals surface area (Å²) in [7, 11) is 0. The van der Waals surface area contributed by atoms with Crippen molar-refractivity contribution in [3.05, 3.63) is 0 Å². The van der Waals surface area contributed by atoms with Crippen LogP contribution in [0.1, 0.15) is 66.2 Å². The molecule has 3 aliphatic rings. The highest BCUT2D eigenvalue weighted by Crippen LogP contribution is 2.55. The quantitative estimate of drug-likeness (QED) is 0.792. The molecule has 3 heteroatoms. The number of hydrogen-bond acceptors (Lipinski definition) is 2. The van der Waals surface area contributed by atoms with E-state index in [0.29, 0.717) is 29.4 Å². The summed E-state index contributed by atoms with van der Waals surface area (Å²) in [6.45, 7) is 10.6. The summed E-state index contributed by atoms with van der Waals surface area (Å²) in [6, 6.07) is 0. The van der Waals surface area contributed by atoms with Gasteiger partial charge in [0.15, 0.2) is 0 Å². The van der Waals surface area contributed by atoms with Crippen LogP contribution in [0.3, 0.4) is 0 Å². The smallest absolute Gasteiger partial charge is 0.229 e. The van der Waals surface area contributed by atoms with Gasteiger partial charge in [0.05, 0.1) is 17.6 Å². The van der Waals surface area contributed by atoms with Crippen molar-refractivity contribution in [1.82, 2.24) is 4.90 Å². The molecule has 1 heterocycles. The van der Waals surface area contributed by atoms with E-state index < -0.39 is 0 Å². The van der Waals surface area contributed by atoms with Crippen LogP contribution in [0.5, 0.6) is 0 Å². The molecule has 3 nitrogen and oxygen atoms in total. The van der Waals surface area contributed by atoms with Gasteiger partial charge in [-0.15, -0.1) is 0 Å². The first-order valence-electron chi connectivity index (χ1n) is 8.82. The van der Waals surface area contributed by atoms with Gasteiger partial charge in [-0.3, -0.25) is 4.79 Å². The first kappa shape index (κ1) is 15.3. The van der Waals surface area contributed by atoms with Crippen LogP contribution in [-0.4, -0.2) is 36.1 Å². The van der Waals surface area contributed by atoms with Crippen LogP contribution in [0.2, 0.25) is 0 Å². The molecule has 0 aromatic heterocycles. The molecule has 2 aliphatic carbocycles. The lowest BCUT2D eigenvalue weighted by Gasteiger charge is -2.52. The summed E-state index contributed by atoms with van der Waals surface area (Å²) in [6.07, 6.45) is 7.82. The summed E-state index contributed by atoms with van der Waals surface area (Å²) < 4.78 is 5.90. The van der Waals surface area contributed by atoms with E-state index in [9.17, 15) is 4.79 Å². The van der Waals surface area contributed by atoms with Crippen LogP contribution in [0.25, 0.3) is 0 Å². The molecule has 0 aromatic carbocycles. The lowest BCUT2D eigenvalue weighted by atomic mass is 9.61. The Kier molecular flexibility index (Phi) is 3.84. The topological polar surface area (TPSA) is 29.5 Å². The molecular weight excluding hydrogens is 262 g/mol. The van der Waals surface area contributed by atoms with Gasteiger partial charge in [0.2, 0.25) is 5.91 Å². The molecule has 21 heavy (non-hydrogen) atoms. The van der Waals surface area contributed by atoms with Crippen LogP contribution in [0, 0.1) is 16.7 Å². The summed E-state index contributed by atoms with van der Waals surface area (Å²) in [4.78, 5) is 14.9. The molecule has 0 atom stereocenters. The highest BCUT2D eigenvalue weighted by atomic mass is 16.5. The summed E-state index contributed by atoms with van der Waals surface area (Å²) in [5.74, 6) is 0.940. The fourth-order valence-corrected chi connectivity index (χ4v) is 4.47. The zero-order valence-corrected chi connectivity index (χ0v) is 14.2. The van der Waals surface area contributed by atoms with Gasteiger partial charge < -0.3 is 9.64 Å². The van der Waals surface area contributed by atoms with Crippen molar-refractivity contribution in [3.8, 4) is 0 Å². The number of rotatable bonds is 4. The number of nitrogens with zero attached hydrogens (tertiary/aromatic N) is 1. The third-order valence-corrected chi connectivity index (χ3v) is 6.22. The molecule has 1 amide bonds. The number of ether oxygens (including phenoxy) is 1. The van der Waals surface area contributed by atoms with Crippen molar-refractivity contribution in [2.45, 2.75) is 78.4 Å². The largest absolute Gasteiger partial charge is 0.376 e. The molecule has 120 valence electrons. The van der Waals surface area contributed by atoms with Crippen molar-refractivity contribution in [3.63, 3.8) is 0 Å². The predicted octanol–water partition coefficient (Wildman–Crippen LogP) is 3.62. The molecule has 0 radical (unpaired) electrons. The van der Waals surface area contributed by atoms with Gasteiger partial charge in [0.1, 0.15) is 0 Å². The van der Waals surface area contributed by atoms with Crippen molar-refractivity contribution in [2.24, 2.45) is 16.7 Å². The van der Waals surface area contributed by atoms with Crippen LogP contribution in [-0.2, 0) is 9.53 Å². The van der Waals surface area contributed by atoms with E-state index in [2.05, 4.69) is 32.6 Å². The van der Waals surface area contributed by atoms with Crippen LogP contribution in [0.4, 0.5) is 0 Å². The van der Waals surface area contributed by atoms with Crippen molar-refractivity contribution in [2.75, 3.05) is 13.1 Å². The average molecular weight is 293 g/mol. The third kappa shape index (κ3) is 2.74. The highest BCUT2D eigenvalue weighted by molar-refractivity contribution is 5.85. The van der Waals surface area contributed by atoms with E-state index in [1.54, 1.807) is 0 Å². The maximum Gasteiger partial charge on any atom is 0.229 e. The lowest BCUT2D eigenvalue weighted by Crippen LogP contribution is -2.53. The first-order valence-corrected chi connectivity index (χ1v) is 8.82.